The Labute approximate surface area is 250 Å². The van der Waals surface area contributed by atoms with Gasteiger partial charge < -0.3 is 39.5 Å². The topological polar surface area (TPSA) is 225 Å². The standard InChI is InChI=1S/C28H43N5O10/c1-9-18(34)42-19-16(12-39-23(36)20(30)26(2,3)4)43-28(8,21(19)35)17-11-10-15(32-17)22(31-13-29)33-25(38)41-14-40-24(37)27(5,6)7/h10-11,13,16,19-21,32,35H,9,12,14,30H2,1-8H3,(H2,29,31,33,38)/t16-,19-,20-,21-,28+/m1/s1. The highest BCUT2D eigenvalue weighted by Crippen LogP contribution is 2.41. The summed E-state index contributed by atoms with van der Waals surface area (Å²) in [7, 11) is 0. The smallest absolute Gasteiger partial charge is 0.415 e. The van der Waals surface area contributed by atoms with Crippen molar-refractivity contribution in [3.63, 3.8) is 0 Å². The summed E-state index contributed by atoms with van der Waals surface area (Å²) in [5.74, 6) is -1.97. The van der Waals surface area contributed by atoms with Gasteiger partial charge in [-0.3, -0.25) is 25.1 Å². The Hall–Kier alpha value is -3.82. The Morgan fingerprint density at radius 1 is 1.19 bits per heavy atom. The van der Waals surface area contributed by atoms with E-state index in [1.165, 1.54) is 6.07 Å². The number of ether oxygens (including phenoxy) is 5. The fraction of sp³-hybridized carbons (Fsp3) is 0.643. The molecule has 5 atom stereocenters. The number of amides is 1. The lowest BCUT2D eigenvalue weighted by Crippen LogP contribution is -2.45. The molecule has 1 aromatic heterocycles. The number of hydrogen-bond donors (Lipinski definition) is 5. The summed E-state index contributed by atoms with van der Waals surface area (Å²) in [6, 6.07) is 2.12. The molecule has 43 heavy (non-hydrogen) atoms. The van der Waals surface area contributed by atoms with Crippen LogP contribution >= 0.6 is 0 Å². The normalized spacial score (nSPS) is 23.2. The zero-order valence-electron chi connectivity index (χ0n) is 25.8. The first-order valence-electron chi connectivity index (χ1n) is 13.7. The minimum atomic E-state index is -1.50. The van der Waals surface area contributed by atoms with Gasteiger partial charge in [-0.1, -0.05) is 27.7 Å². The van der Waals surface area contributed by atoms with Crippen molar-refractivity contribution in [2.45, 2.75) is 91.8 Å². The Bertz CT molecular complexity index is 1220. The molecule has 0 aliphatic carbocycles. The highest BCUT2D eigenvalue weighted by atomic mass is 16.7. The zero-order valence-corrected chi connectivity index (χ0v) is 25.8. The molecule has 0 aromatic carbocycles. The summed E-state index contributed by atoms with van der Waals surface area (Å²) in [4.78, 5) is 55.7. The molecule has 1 saturated heterocycles. The molecular weight excluding hydrogens is 566 g/mol. The third-order valence-electron chi connectivity index (χ3n) is 6.65. The average Bonchev–Trinajstić information content (AvgIpc) is 3.50. The fourth-order valence-corrected chi connectivity index (χ4v) is 3.84. The Balaban J connectivity index is 2.22. The number of aliphatic imine (C=N–C) groups is 1. The molecule has 1 aromatic rings. The maximum Gasteiger partial charge on any atom is 0.415 e. The van der Waals surface area contributed by atoms with Crippen molar-refractivity contribution in [1.82, 2.24) is 10.3 Å². The van der Waals surface area contributed by atoms with Crippen LogP contribution in [0.25, 0.3) is 0 Å². The minimum absolute atomic E-state index is 0.0363. The molecule has 2 rings (SSSR count). The number of esters is 3. The van der Waals surface area contributed by atoms with Crippen molar-refractivity contribution >= 4 is 36.2 Å². The molecule has 1 aliphatic rings. The van der Waals surface area contributed by atoms with Crippen LogP contribution < -0.4 is 11.1 Å². The van der Waals surface area contributed by atoms with Crippen LogP contribution in [0.4, 0.5) is 4.79 Å². The number of rotatable bonds is 10. The van der Waals surface area contributed by atoms with Gasteiger partial charge in [-0.25, -0.2) is 9.79 Å². The molecule has 15 nitrogen and oxygen atoms in total. The number of aromatic amines is 1. The molecule has 1 aliphatic heterocycles. The Kier molecular flexibility index (Phi) is 11.6. The zero-order chi connectivity index (χ0) is 32.8. The maximum absolute atomic E-state index is 12.5. The molecule has 2 heterocycles. The number of nitrogens with one attached hydrogen (secondary N) is 3. The summed E-state index contributed by atoms with van der Waals surface area (Å²) in [5, 5.41) is 21.0. The first-order chi connectivity index (χ1) is 19.8. The van der Waals surface area contributed by atoms with Gasteiger partial charge in [0.1, 0.15) is 36.8 Å². The molecule has 6 N–H and O–H groups in total. The molecule has 1 amide bonds. The van der Waals surface area contributed by atoms with E-state index in [9.17, 15) is 24.3 Å². The van der Waals surface area contributed by atoms with E-state index in [-0.39, 0.29) is 24.6 Å². The van der Waals surface area contributed by atoms with Gasteiger partial charge in [0.15, 0.2) is 11.9 Å². The highest BCUT2D eigenvalue weighted by Gasteiger charge is 2.55. The molecular formula is C28H43N5O10. The lowest BCUT2D eigenvalue weighted by molar-refractivity contribution is -0.162. The number of carbonyl (C=O) groups is 4. The maximum atomic E-state index is 12.5. The Morgan fingerprint density at radius 3 is 2.40 bits per heavy atom. The van der Waals surface area contributed by atoms with E-state index in [0.29, 0.717) is 12.0 Å². The molecule has 15 heteroatoms. The van der Waals surface area contributed by atoms with E-state index >= 15 is 0 Å². The number of carbonyl (C=O) groups excluding carboxylic acids is 4. The third-order valence-corrected chi connectivity index (χ3v) is 6.65. The lowest BCUT2D eigenvalue weighted by atomic mass is 9.87. The van der Waals surface area contributed by atoms with Crippen LogP contribution in [0.15, 0.2) is 17.1 Å². The van der Waals surface area contributed by atoms with Crippen LogP contribution in [0.5, 0.6) is 0 Å². The first kappa shape index (κ1) is 35.4. The van der Waals surface area contributed by atoms with E-state index in [1.807, 2.05) is 0 Å². The molecule has 0 saturated carbocycles. The largest absolute Gasteiger partial charge is 0.462 e. The summed E-state index contributed by atoms with van der Waals surface area (Å²) in [6.07, 6.45) is -3.94. The molecule has 240 valence electrons. The molecule has 1 fully saturated rings. The van der Waals surface area contributed by atoms with Crippen LogP contribution in [0, 0.1) is 16.2 Å². The van der Waals surface area contributed by atoms with Gasteiger partial charge in [0, 0.05) is 6.42 Å². The summed E-state index contributed by atoms with van der Waals surface area (Å²) >= 11 is 0. The van der Waals surface area contributed by atoms with E-state index in [2.05, 4.69) is 15.3 Å². The monoisotopic (exact) mass is 609 g/mol. The number of alkyl carbamates (subject to hydrolysis) is 1. The quantitative estimate of drug-likeness (QED) is 0.0846. The number of hydrogen-bond acceptors (Lipinski definition) is 12. The summed E-state index contributed by atoms with van der Waals surface area (Å²) < 4.78 is 26.8. The number of aromatic nitrogens is 1. The van der Waals surface area contributed by atoms with Gasteiger partial charge in [0.25, 0.3) is 0 Å². The van der Waals surface area contributed by atoms with Crippen molar-refractivity contribution in [2.75, 3.05) is 13.4 Å². The Morgan fingerprint density at radius 2 is 1.84 bits per heavy atom. The summed E-state index contributed by atoms with van der Waals surface area (Å²) in [6.45, 7) is 12.4. The van der Waals surface area contributed by atoms with Gasteiger partial charge in [-0.15, -0.1) is 0 Å². The van der Waals surface area contributed by atoms with Crippen molar-refractivity contribution in [3.05, 3.63) is 23.5 Å². The average molecular weight is 610 g/mol. The number of aliphatic hydroxyl groups excluding tert-OH is 1. The van der Waals surface area contributed by atoms with Gasteiger partial charge in [-0.05, 0) is 45.2 Å². The van der Waals surface area contributed by atoms with Crippen LogP contribution in [0.2, 0.25) is 0 Å². The van der Waals surface area contributed by atoms with Crippen LogP contribution in [0.1, 0.15) is 73.2 Å². The van der Waals surface area contributed by atoms with Crippen LogP contribution in [-0.2, 0) is 43.7 Å². The first-order valence-corrected chi connectivity index (χ1v) is 13.7. The fourth-order valence-electron chi connectivity index (χ4n) is 3.84. The van der Waals surface area contributed by atoms with E-state index < -0.39 is 71.6 Å². The molecule has 0 bridgehead atoms. The van der Waals surface area contributed by atoms with Crippen molar-refractivity contribution in [1.29, 1.82) is 5.41 Å². The third kappa shape index (κ3) is 9.08. The van der Waals surface area contributed by atoms with Crippen LogP contribution in [-0.4, -0.2) is 84.0 Å². The highest BCUT2D eigenvalue weighted by molar-refractivity contribution is 6.07. The van der Waals surface area contributed by atoms with Gasteiger partial charge in [0.2, 0.25) is 6.79 Å². The molecule has 0 unspecified atom stereocenters. The number of nitrogens with zero attached hydrogens (tertiary/aromatic N) is 1. The molecule has 0 spiro atoms. The second-order valence-electron chi connectivity index (χ2n) is 12.2. The minimum Gasteiger partial charge on any atom is -0.462 e. The van der Waals surface area contributed by atoms with Crippen molar-refractivity contribution < 1.29 is 48.0 Å². The number of H-pyrrole nitrogens is 1. The second-order valence-corrected chi connectivity index (χ2v) is 12.2. The predicted molar refractivity (Wildman–Crippen MR) is 153 cm³/mol. The van der Waals surface area contributed by atoms with Crippen molar-refractivity contribution in [3.8, 4) is 0 Å². The van der Waals surface area contributed by atoms with Gasteiger partial charge >= 0.3 is 24.0 Å². The predicted octanol–water partition coefficient (Wildman–Crippen LogP) is 1.85. The van der Waals surface area contributed by atoms with Gasteiger partial charge in [-0.2, -0.15) is 0 Å². The number of nitrogens with two attached hydrogens (primary N) is 1. The number of amidine groups is 1. The SMILES string of the molecule is CCC(=O)O[C@H]1[C@@H](O)[C@](C)(c2ccc(/C(=N\C=N)NC(=O)OCOC(=O)C(C)(C)C)[nH]2)O[C@@H]1COC(=O)[C@@H](N)C(C)(C)C. The van der Waals surface area contributed by atoms with E-state index in [1.54, 1.807) is 61.5 Å². The second kappa shape index (κ2) is 14.1. The lowest BCUT2D eigenvalue weighted by Gasteiger charge is -2.27. The summed E-state index contributed by atoms with van der Waals surface area (Å²) in [5.41, 5.74) is 3.63. The van der Waals surface area contributed by atoms with Gasteiger partial charge in [0.05, 0.1) is 16.8 Å². The molecule has 0 radical (unpaired) electrons. The number of aliphatic hydroxyl groups is 1. The van der Waals surface area contributed by atoms with E-state index in [4.69, 9.17) is 34.8 Å². The van der Waals surface area contributed by atoms with Crippen molar-refractivity contribution in [2.24, 2.45) is 21.6 Å². The van der Waals surface area contributed by atoms with E-state index in [0.717, 1.165) is 0 Å². The van der Waals surface area contributed by atoms with Crippen LogP contribution in [0.3, 0.4) is 0 Å².